The highest BCUT2D eigenvalue weighted by molar-refractivity contribution is 9.09. The lowest BCUT2D eigenvalue weighted by molar-refractivity contribution is -0.113. The first kappa shape index (κ1) is 11.8. The van der Waals surface area contributed by atoms with E-state index < -0.39 is 0 Å². The first-order valence-electron chi connectivity index (χ1n) is 4.87. The standard InChI is InChI=1S/C11H9BrN2O3/c1-14-10(16)7-3-2-6(13-9(15)5-12)4-8(7)11(14)17/h2-4H,5H2,1H3,(H,13,15). The third kappa shape index (κ3) is 1.95. The van der Waals surface area contributed by atoms with Gasteiger partial charge in [0.05, 0.1) is 16.5 Å². The molecule has 5 nitrogen and oxygen atoms in total. The summed E-state index contributed by atoms with van der Waals surface area (Å²) in [6, 6.07) is 4.66. The summed E-state index contributed by atoms with van der Waals surface area (Å²) < 4.78 is 0. The molecule has 1 aliphatic rings. The molecular formula is C11H9BrN2O3. The van der Waals surface area contributed by atoms with Crippen molar-refractivity contribution in [3.8, 4) is 0 Å². The summed E-state index contributed by atoms with van der Waals surface area (Å²) in [5, 5.41) is 2.78. The number of nitrogens with one attached hydrogen (secondary N) is 1. The zero-order valence-corrected chi connectivity index (χ0v) is 10.6. The first-order valence-corrected chi connectivity index (χ1v) is 5.99. The van der Waals surface area contributed by atoms with Crippen LogP contribution in [0.1, 0.15) is 20.7 Å². The number of amides is 3. The van der Waals surface area contributed by atoms with Crippen molar-refractivity contribution >= 4 is 39.3 Å². The number of hydrogen-bond donors (Lipinski definition) is 1. The van der Waals surface area contributed by atoms with Crippen molar-refractivity contribution in [2.45, 2.75) is 0 Å². The quantitative estimate of drug-likeness (QED) is 0.660. The number of anilines is 1. The smallest absolute Gasteiger partial charge is 0.261 e. The van der Waals surface area contributed by atoms with Crippen LogP contribution in [-0.4, -0.2) is 35.0 Å². The molecule has 1 heterocycles. The predicted octanol–water partition coefficient (Wildman–Crippen LogP) is 1.25. The summed E-state index contributed by atoms with van der Waals surface area (Å²) in [5.41, 5.74) is 1.20. The molecule has 0 aliphatic carbocycles. The van der Waals surface area contributed by atoms with E-state index in [-0.39, 0.29) is 23.1 Å². The van der Waals surface area contributed by atoms with Crippen molar-refractivity contribution in [3.63, 3.8) is 0 Å². The molecule has 0 saturated carbocycles. The van der Waals surface area contributed by atoms with Gasteiger partial charge >= 0.3 is 0 Å². The van der Waals surface area contributed by atoms with Crippen LogP contribution in [0.25, 0.3) is 0 Å². The van der Waals surface area contributed by atoms with Crippen LogP contribution in [0.2, 0.25) is 0 Å². The number of carbonyl (C=O) groups excluding carboxylic acids is 3. The molecule has 1 aromatic carbocycles. The van der Waals surface area contributed by atoms with E-state index in [4.69, 9.17) is 0 Å². The van der Waals surface area contributed by atoms with E-state index in [0.717, 1.165) is 4.90 Å². The second kappa shape index (κ2) is 4.29. The van der Waals surface area contributed by atoms with E-state index in [1.54, 1.807) is 12.1 Å². The molecule has 2 rings (SSSR count). The number of fused-ring (bicyclic) bond motifs is 1. The minimum absolute atomic E-state index is 0.177. The number of halogens is 1. The molecule has 0 saturated heterocycles. The van der Waals surface area contributed by atoms with Crippen LogP contribution in [0.15, 0.2) is 18.2 Å². The Labute approximate surface area is 106 Å². The molecule has 0 bridgehead atoms. The van der Waals surface area contributed by atoms with Crippen LogP contribution in [0.3, 0.4) is 0 Å². The van der Waals surface area contributed by atoms with Gasteiger partial charge in [-0.1, -0.05) is 15.9 Å². The second-order valence-corrected chi connectivity index (χ2v) is 4.17. The molecule has 0 unspecified atom stereocenters. The number of rotatable bonds is 2. The van der Waals surface area contributed by atoms with Crippen LogP contribution >= 0.6 is 15.9 Å². The Morgan fingerprint density at radius 3 is 2.59 bits per heavy atom. The van der Waals surface area contributed by atoms with Crippen LogP contribution in [0, 0.1) is 0 Å². The Morgan fingerprint density at radius 1 is 1.29 bits per heavy atom. The van der Waals surface area contributed by atoms with Gasteiger partial charge in [0.1, 0.15) is 0 Å². The molecule has 0 radical (unpaired) electrons. The van der Waals surface area contributed by atoms with Gasteiger partial charge in [-0.05, 0) is 18.2 Å². The lowest BCUT2D eigenvalue weighted by Gasteiger charge is -2.04. The van der Waals surface area contributed by atoms with Crippen molar-refractivity contribution in [3.05, 3.63) is 29.3 Å². The van der Waals surface area contributed by atoms with E-state index >= 15 is 0 Å². The zero-order chi connectivity index (χ0) is 12.6. The number of carbonyl (C=O) groups is 3. The number of benzene rings is 1. The third-order valence-electron chi connectivity index (χ3n) is 2.49. The molecule has 0 aromatic heterocycles. The van der Waals surface area contributed by atoms with Crippen LogP contribution in [-0.2, 0) is 4.79 Å². The molecule has 6 heteroatoms. The summed E-state index contributed by atoms with van der Waals surface area (Å²) in [5.74, 6) is -0.876. The van der Waals surface area contributed by atoms with E-state index in [0.29, 0.717) is 16.8 Å². The lowest BCUT2D eigenvalue weighted by atomic mass is 10.1. The van der Waals surface area contributed by atoms with Crippen molar-refractivity contribution < 1.29 is 14.4 Å². The summed E-state index contributed by atoms with van der Waals surface area (Å²) in [7, 11) is 1.43. The van der Waals surface area contributed by atoms with E-state index in [1.807, 2.05) is 0 Å². The fourth-order valence-corrected chi connectivity index (χ4v) is 1.77. The number of imide groups is 1. The minimum atomic E-state index is -0.347. The SMILES string of the molecule is CN1C(=O)c2ccc(NC(=O)CBr)cc2C1=O. The van der Waals surface area contributed by atoms with Gasteiger partial charge in [-0.15, -0.1) is 0 Å². The van der Waals surface area contributed by atoms with E-state index in [2.05, 4.69) is 21.2 Å². The van der Waals surface area contributed by atoms with Gasteiger partial charge in [-0.3, -0.25) is 19.3 Å². The van der Waals surface area contributed by atoms with Crippen molar-refractivity contribution in [1.29, 1.82) is 0 Å². The van der Waals surface area contributed by atoms with Crippen LogP contribution in [0.4, 0.5) is 5.69 Å². The molecule has 3 amide bonds. The number of alkyl halides is 1. The number of nitrogens with zero attached hydrogens (tertiary/aromatic N) is 1. The largest absolute Gasteiger partial charge is 0.325 e. The summed E-state index contributed by atoms with van der Waals surface area (Å²) >= 11 is 3.02. The van der Waals surface area contributed by atoms with Gasteiger partial charge in [0.15, 0.2) is 0 Å². The fraction of sp³-hybridized carbons (Fsp3) is 0.182. The van der Waals surface area contributed by atoms with Gasteiger partial charge < -0.3 is 5.32 Å². The van der Waals surface area contributed by atoms with Crippen LogP contribution in [0.5, 0.6) is 0 Å². The van der Waals surface area contributed by atoms with Gasteiger partial charge in [0.2, 0.25) is 5.91 Å². The highest BCUT2D eigenvalue weighted by atomic mass is 79.9. The Bertz CT molecular complexity index is 527. The zero-order valence-electron chi connectivity index (χ0n) is 8.99. The molecule has 1 aliphatic heterocycles. The molecular weight excluding hydrogens is 288 g/mol. The highest BCUT2D eigenvalue weighted by Crippen LogP contribution is 2.24. The fourth-order valence-electron chi connectivity index (χ4n) is 1.63. The molecule has 17 heavy (non-hydrogen) atoms. The van der Waals surface area contributed by atoms with Gasteiger partial charge in [-0.2, -0.15) is 0 Å². The normalized spacial score (nSPS) is 13.9. The molecule has 1 N–H and O–H groups in total. The average Bonchev–Trinajstić information content (AvgIpc) is 2.54. The maximum Gasteiger partial charge on any atom is 0.261 e. The Kier molecular flexibility index (Phi) is 2.97. The van der Waals surface area contributed by atoms with Gasteiger partial charge in [0, 0.05) is 12.7 Å². The number of hydrogen-bond acceptors (Lipinski definition) is 3. The topological polar surface area (TPSA) is 66.5 Å². The summed E-state index contributed by atoms with van der Waals surface area (Å²) in [6.07, 6.45) is 0. The summed E-state index contributed by atoms with van der Waals surface area (Å²) in [6.45, 7) is 0. The minimum Gasteiger partial charge on any atom is -0.325 e. The maximum atomic E-state index is 11.7. The lowest BCUT2D eigenvalue weighted by Crippen LogP contribution is -2.24. The Balaban J connectivity index is 2.36. The van der Waals surface area contributed by atoms with Crippen molar-refractivity contribution in [1.82, 2.24) is 4.90 Å². The molecule has 0 spiro atoms. The monoisotopic (exact) mass is 296 g/mol. The average molecular weight is 297 g/mol. The van der Waals surface area contributed by atoms with Gasteiger partial charge in [0.25, 0.3) is 11.8 Å². The third-order valence-corrected chi connectivity index (χ3v) is 3.00. The molecule has 0 fully saturated rings. The Hall–Kier alpha value is -1.69. The van der Waals surface area contributed by atoms with Crippen molar-refractivity contribution in [2.24, 2.45) is 0 Å². The predicted molar refractivity (Wildman–Crippen MR) is 65.3 cm³/mol. The molecule has 0 atom stereocenters. The van der Waals surface area contributed by atoms with Gasteiger partial charge in [-0.25, -0.2) is 0 Å². The second-order valence-electron chi connectivity index (χ2n) is 3.61. The van der Waals surface area contributed by atoms with Crippen molar-refractivity contribution in [2.75, 3.05) is 17.7 Å². The molecule has 1 aromatic rings. The molecule has 88 valence electrons. The van der Waals surface area contributed by atoms with Crippen LogP contribution < -0.4 is 5.32 Å². The maximum absolute atomic E-state index is 11.7. The van der Waals surface area contributed by atoms with E-state index in [1.165, 1.54) is 13.1 Å². The summed E-state index contributed by atoms with van der Waals surface area (Å²) in [4.78, 5) is 35.5. The van der Waals surface area contributed by atoms with E-state index in [9.17, 15) is 14.4 Å². The highest BCUT2D eigenvalue weighted by Gasteiger charge is 2.32. The first-order chi connectivity index (χ1) is 8.04. The Morgan fingerprint density at radius 2 is 1.94 bits per heavy atom.